The summed E-state index contributed by atoms with van der Waals surface area (Å²) in [6.07, 6.45) is -42.8. The van der Waals surface area contributed by atoms with E-state index in [1.807, 2.05) is 12.1 Å². The lowest BCUT2D eigenvalue weighted by atomic mass is 9.97. The van der Waals surface area contributed by atoms with Gasteiger partial charge in [-0.25, -0.2) is 0 Å². The number of alkyl halides is 24. The van der Waals surface area contributed by atoms with Crippen LogP contribution in [0, 0.1) is 22.7 Å². The van der Waals surface area contributed by atoms with E-state index in [0.29, 0.717) is 48.5 Å². The van der Waals surface area contributed by atoms with Crippen molar-refractivity contribution in [2.75, 3.05) is 0 Å². The Morgan fingerprint density at radius 1 is 0.204 bits per heavy atom. The molecular weight excluding hydrogens is 1350 g/mol. The third-order valence-corrected chi connectivity index (χ3v) is 16.3. The highest BCUT2D eigenvalue weighted by molar-refractivity contribution is 6.13. The Morgan fingerprint density at radius 2 is 0.378 bits per heavy atom. The van der Waals surface area contributed by atoms with Gasteiger partial charge in [-0.05, 0) is 177 Å². The van der Waals surface area contributed by atoms with E-state index in [0.717, 1.165) is 48.5 Å². The number of nitrogens with zero attached hydrogens (tertiary/aromatic N) is 4. The zero-order chi connectivity index (χ0) is 71.1. The second-order valence-electron chi connectivity index (χ2n) is 22.5. The van der Waals surface area contributed by atoms with Crippen molar-refractivity contribution in [1.82, 2.24) is 9.13 Å². The number of rotatable bonds is 7. The third-order valence-electron chi connectivity index (χ3n) is 16.3. The van der Waals surface area contributed by atoms with Crippen LogP contribution in [0.1, 0.15) is 55.6 Å². The first-order valence-electron chi connectivity index (χ1n) is 27.9. The molecule has 0 unspecified atom stereocenters. The lowest BCUT2D eigenvalue weighted by molar-refractivity contribution is -0.144. The van der Waals surface area contributed by atoms with E-state index in [-0.39, 0.29) is 124 Å². The molecule has 498 valence electrons. The van der Waals surface area contributed by atoms with Crippen LogP contribution in [0.5, 0.6) is 0 Å². The Kier molecular flexibility index (Phi) is 15.7. The zero-order valence-corrected chi connectivity index (χ0v) is 48.2. The summed E-state index contributed by atoms with van der Waals surface area (Å²) >= 11 is 0. The van der Waals surface area contributed by atoms with Crippen molar-refractivity contribution in [1.29, 1.82) is 10.5 Å². The van der Waals surface area contributed by atoms with E-state index in [2.05, 4.69) is 0 Å². The molecule has 0 atom stereocenters. The summed E-state index contributed by atoms with van der Waals surface area (Å²) in [5.41, 5.74) is -19.6. The van der Waals surface area contributed by atoms with Gasteiger partial charge >= 0.3 is 49.4 Å². The van der Waals surface area contributed by atoms with Crippen LogP contribution in [0.3, 0.4) is 0 Å². The molecule has 12 rings (SSSR count). The first-order valence-corrected chi connectivity index (χ1v) is 27.9. The average Bonchev–Trinajstić information content (AvgIpc) is 1.57. The maximum Gasteiger partial charge on any atom is 0.416 e. The van der Waals surface area contributed by atoms with Gasteiger partial charge in [-0.2, -0.15) is 116 Å². The van der Waals surface area contributed by atoms with Gasteiger partial charge in [0.15, 0.2) is 0 Å². The van der Waals surface area contributed by atoms with Crippen LogP contribution < -0.4 is 0 Å². The molecule has 0 spiro atoms. The van der Waals surface area contributed by atoms with E-state index in [4.69, 9.17) is 0 Å². The lowest BCUT2D eigenvalue weighted by Crippen LogP contribution is -2.11. The lowest BCUT2D eigenvalue weighted by Gasteiger charge is -2.17. The molecule has 0 aliphatic rings. The maximum absolute atomic E-state index is 14.3. The van der Waals surface area contributed by atoms with Crippen LogP contribution >= 0.6 is 0 Å². The number of hydrogen-bond acceptors (Lipinski definition) is 2. The maximum atomic E-state index is 14.3. The second kappa shape index (κ2) is 22.9. The molecule has 0 radical (unpaired) electrons. The summed E-state index contributed by atoms with van der Waals surface area (Å²) in [5, 5.41) is 22.0. The minimum atomic E-state index is -5.35. The molecular formula is C70H30F24N4. The van der Waals surface area contributed by atoms with Gasteiger partial charge in [-0.3, -0.25) is 0 Å². The van der Waals surface area contributed by atoms with Crippen LogP contribution in [0.2, 0.25) is 0 Å². The molecule has 0 fully saturated rings. The van der Waals surface area contributed by atoms with Crippen LogP contribution in [0.25, 0.3) is 111 Å². The predicted octanol–water partition coefficient (Wildman–Crippen LogP) is 24.1. The fourth-order valence-corrected chi connectivity index (χ4v) is 11.7. The van der Waals surface area contributed by atoms with Gasteiger partial charge in [0.2, 0.25) is 0 Å². The quantitative estimate of drug-likeness (QED) is 0.149. The van der Waals surface area contributed by atoms with E-state index in [1.54, 1.807) is 0 Å². The minimum Gasteiger partial charge on any atom is -0.308 e. The van der Waals surface area contributed by atoms with E-state index in [9.17, 15) is 116 Å². The molecule has 0 saturated carbocycles. The molecule has 2 heterocycles. The number of aromatic nitrogens is 2. The van der Waals surface area contributed by atoms with Crippen molar-refractivity contribution in [3.8, 4) is 79.1 Å². The van der Waals surface area contributed by atoms with E-state index in [1.165, 1.54) is 69.8 Å². The van der Waals surface area contributed by atoms with Crippen molar-refractivity contribution in [2.24, 2.45) is 0 Å². The number of benzene rings is 10. The molecule has 0 aliphatic carbocycles. The summed E-state index contributed by atoms with van der Waals surface area (Å²) in [6, 6.07) is 27.8. The van der Waals surface area contributed by atoms with Gasteiger partial charge < -0.3 is 9.13 Å². The Morgan fingerprint density at radius 3 is 0.551 bits per heavy atom. The highest BCUT2D eigenvalue weighted by Crippen LogP contribution is 2.48. The van der Waals surface area contributed by atoms with Crippen LogP contribution in [0.4, 0.5) is 105 Å². The average molecular weight is 1380 g/mol. The Labute approximate surface area is 533 Å². The number of nitriles is 2. The van der Waals surface area contributed by atoms with Crippen molar-refractivity contribution in [3.63, 3.8) is 0 Å². The number of hydrogen-bond donors (Lipinski definition) is 0. The van der Waals surface area contributed by atoms with Crippen molar-refractivity contribution in [2.45, 2.75) is 49.4 Å². The summed E-state index contributed by atoms with van der Waals surface area (Å²) in [5.74, 6) is 0. The SMILES string of the molecule is N#Cc1ccc(-c2ccc(C#N)c(-n3c4cc(-c5cc(C(F)(F)F)cc(C(F)(F)F)c5)ccc4c4ccc(-c5cc(C(F)(F)F)cc(C(F)(F)F)c5)cc43)c2)cc1-n1c2cc(-c3cc(C(F)(F)F)cc(C(F)(F)F)c3)ccc2c2ccc(-c3cc(C(F)(F)F)cc(C(F)(F)F)c3)cc21. The predicted molar refractivity (Wildman–Crippen MR) is 312 cm³/mol. The van der Waals surface area contributed by atoms with Gasteiger partial charge in [0, 0.05) is 21.5 Å². The van der Waals surface area contributed by atoms with Gasteiger partial charge in [0.05, 0.1) is 89.1 Å². The van der Waals surface area contributed by atoms with Crippen molar-refractivity contribution < 1.29 is 105 Å². The van der Waals surface area contributed by atoms with Gasteiger partial charge in [-0.1, -0.05) is 60.7 Å². The van der Waals surface area contributed by atoms with E-state index < -0.39 is 116 Å². The Hall–Kier alpha value is -10.9. The first-order chi connectivity index (χ1) is 45.5. The highest BCUT2D eigenvalue weighted by atomic mass is 19.4. The number of halogens is 24. The fraction of sp³-hybridized carbons (Fsp3) is 0.114. The molecule has 2 aromatic heterocycles. The standard InChI is InChI=1S/C70H30F24N4/c71-63(72,73)45-13-41(14-46(27-45)64(74,75)76)35-5-9-53-54-10-6-36(42-15-47(65(77,78)79)28-48(16-42)66(80,81)82)24-60(54)97(59(53)23-35)57-21-33(1-3-39(57)31-95)34-2-4-40(32-96)58(22-34)98-61-25-37(43-17-49(67(83,84)85)29-50(18-43)68(86,87)88)7-11-55(61)56-12-8-38(26-62(56)98)44-19-51(69(89,90)91)30-52(20-44)70(92,93)94/h1-30H. The summed E-state index contributed by atoms with van der Waals surface area (Å²) < 4.78 is 346. The summed E-state index contributed by atoms with van der Waals surface area (Å²) in [7, 11) is 0. The van der Waals surface area contributed by atoms with Gasteiger partial charge in [0.25, 0.3) is 0 Å². The molecule has 98 heavy (non-hydrogen) atoms. The first kappa shape index (κ1) is 67.1. The van der Waals surface area contributed by atoms with Crippen LogP contribution in [-0.2, 0) is 49.4 Å². The van der Waals surface area contributed by atoms with Crippen molar-refractivity contribution in [3.05, 3.63) is 238 Å². The molecule has 0 bridgehead atoms. The third kappa shape index (κ3) is 12.5. The van der Waals surface area contributed by atoms with Gasteiger partial charge in [0.1, 0.15) is 12.1 Å². The molecule has 0 aliphatic heterocycles. The normalized spacial score (nSPS) is 13.1. The topological polar surface area (TPSA) is 57.4 Å². The Balaban J connectivity index is 1.13. The second-order valence-corrected chi connectivity index (χ2v) is 22.5. The summed E-state index contributed by atoms with van der Waals surface area (Å²) in [6.45, 7) is 0. The molecule has 0 amide bonds. The monoisotopic (exact) mass is 1380 g/mol. The van der Waals surface area contributed by atoms with E-state index >= 15 is 0 Å². The molecule has 10 aromatic carbocycles. The largest absolute Gasteiger partial charge is 0.416 e. The molecule has 0 saturated heterocycles. The molecule has 4 nitrogen and oxygen atoms in total. The summed E-state index contributed by atoms with van der Waals surface area (Å²) in [4.78, 5) is 0. The van der Waals surface area contributed by atoms with Crippen LogP contribution in [0.15, 0.2) is 182 Å². The Bertz CT molecular complexity index is 4630. The smallest absolute Gasteiger partial charge is 0.308 e. The molecule has 28 heteroatoms. The van der Waals surface area contributed by atoms with Gasteiger partial charge in [-0.15, -0.1) is 0 Å². The molecule has 12 aromatic rings. The fourth-order valence-electron chi connectivity index (χ4n) is 11.7. The van der Waals surface area contributed by atoms with Crippen LogP contribution in [-0.4, -0.2) is 9.13 Å². The molecule has 0 N–H and O–H groups in total. The highest BCUT2D eigenvalue weighted by Gasteiger charge is 2.42. The number of fused-ring (bicyclic) bond motifs is 6. The minimum absolute atomic E-state index is 0.00174. The zero-order valence-electron chi connectivity index (χ0n) is 48.2. The van der Waals surface area contributed by atoms with Crippen molar-refractivity contribution >= 4 is 43.6 Å².